The number of ether oxygens (including phenoxy) is 1. The van der Waals surface area contributed by atoms with Crippen LogP contribution in [0.1, 0.15) is 5.56 Å². The maximum atomic E-state index is 6.78. The first-order valence-electron chi connectivity index (χ1n) is 2.93. The minimum atomic E-state index is 0. The van der Waals surface area contributed by atoms with Crippen LogP contribution in [0.4, 0.5) is 0 Å². The Morgan fingerprint density at radius 1 is 1.27 bits per heavy atom. The Kier molecular flexibility index (Phi) is 4.54. The number of rotatable bonds is 1. The molecule has 0 fully saturated rings. The smallest absolute Gasteiger partial charge is 0.497 e. The predicted molar refractivity (Wildman–Crippen MR) is 39.2 cm³/mol. The van der Waals surface area contributed by atoms with Gasteiger partial charge in [-0.05, 0) is 12.1 Å². The molecule has 11 heavy (non-hydrogen) atoms. The van der Waals surface area contributed by atoms with Crippen molar-refractivity contribution < 1.29 is 23.6 Å². The molecule has 0 unspecified atom stereocenters. The second kappa shape index (κ2) is 4.91. The molecule has 0 N–H and O–H groups in total. The van der Waals surface area contributed by atoms with Crippen molar-refractivity contribution in [3.8, 4) is 11.7 Å². The second-order valence-corrected chi connectivity index (χ2v) is 1.85. The molecule has 0 aliphatic carbocycles. The Bertz CT molecular complexity index is 245. The zero-order chi connectivity index (χ0) is 7.40. The van der Waals surface area contributed by atoms with E-state index in [0.29, 0.717) is 0 Å². The first-order chi connectivity index (χ1) is 4.86. The van der Waals surface area contributed by atoms with Crippen LogP contribution in [0, 0.1) is 12.3 Å². The third kappa shape index (κ3) is 2.72. The van der Waals surface area contributed by atoms with Gasteiger partial charge in [-0.2, -0.15) is 0 Å². The zero-order valence-electron chi connectivity index (χ0n) is 6.72. The quantitative estimate of drug-likeness (QED) is 0.264. The van der Waals surface area contributed by atoms with Crippen LogP contribution < -0.4 is 23.6 Å². The monoisotopic (exact) mass is 138 g/mol. The molecule has 0 aliphatic heterocycles. The van der Waals surface area contributed by atoms with Crippen LogP contribution in [-0.2, 0) is 0 Å². The summed E-state index contributed by atoms with van der Waals surface area (Å²) in [5, 5.41) is 0. The number of benzene rings is 1. The molecule has 1 nitrogen and oxygen atoms in total. The van der Waals surface area contributed by atoms with Gasteiger partial charge in [0.05, 0.1) is 7.11 Å². The van der Waals surface area contributed by atoms with E-state index in [9.17, 15) is 0 Å². The Hall–Kier alpha value is -0.823. The molecule has 2 heteroatoms. The summed E-state index contributed by atoms with van der Waals surface area (Å²) in [6.45, 7) is 0. The Morgan fingerprint density at radius 3 is 2.18 bits per heavy atom. The van der Waals surface area contributed by atoms with Crippen LogP contribution in [0.3, 0.4) is 0 Å². The molecule has 0 spiro atoms. The van der Waals surface area contributed by atoms with Gasteiger partial charge in [0.2, 0.25) is 0 Å². The normalized spacial score (nSPS) is 7.64. The topological polar surface area (TPSA) is 9.23 Å². The van der Waals surface area contributed by atoms with Gasteiger partial charge in [0.25, 0.3) is 0 Å². The third-order valence-electron chi connectivity index (χ3n) is 1.23. The first kappa shape index (κ1) is 10.2. The fourth-order valence-corrected chi connectivity index (χ4v) is 0.674. The van der Waals surface area contributed by atoms with E-state index in [1.807, 2.05) is 0 Å². The van der Waals surface area contributed by atoms with E-state index in [0.717, 1.165) is 11.3 Å². The fraction of sp³-hybridized carbons (Fsp3) is 0.111. The van der Waals surface area contributed by atoms with Gasteiger partial charge in [0.1, 0.15) is 5.75 Å². The Labute approximate surface area is 78.9 Å². The maximum absolute atomic E-state index is 6.78. The van der Waals surface area contributed by atoms with Crippen molar-refractivity contribution in [2.75, 3.05) is 7.11 Å². The fourth-order valence-electron chi connectivity index (χ4n) is 0.674. The average molecular weight is 138 g/mol. The minimum Gasteiger partial charge on any atom is -0.497 e. The Balaban J connectivity index is 0.000001000. The summed E-state index contributed by atoms with van der Waals surface area (Å²) in [5.74, 6) is 3.08. The van der Waals surface area contributed by atoms with Crippen LogP contribution in [0.15, 0.2) is 24.3 Å². The number of hydrogen-bond acceptors (Lipinski definition) is 1. The number of hydrogen-bond donors (Lipinski definition) is 0. The van der Waals surface area contributed by atoms with Crippen LogP contribution in [0.5, 0.6) is 5.75 Å². The van der Waals surface area contributed by atoms with Gasteiger partial charge in [-0.1, -0.05) is 0 Å². The van der Waals surface area contributed by atoms with Gasteiger partial charge in [0, 0.05) is 0 Å². The minimum absolute atomic E-state index is 0. The third-order valence-corrected chi connectivity index (χ3v) is 1.23. The summed E-state index contributed by atoms with van der Waals surface area (Å²) in [6.07, 6.45) is 6.78. The van der Waals surface area contributed by atoms with Crippen molar-refractivity contribution in [1.29, 1.82) is 0 Å². The van der Waals surface area contributed by atoms with Gasteiger partial charge in [-0.15, -0.1) is 17.7 Å². The maximum Gasteiger partial charge on any atom is 1.00 e. The molecule has 0 saturated heterocycles. The Morgan fingerprint density at radius 2 is 1.82 bits per heavy atom. The molecule has 1 aromatic carbocycles. The first-order valence-corrected chi connectivity index (χ1v) is 2.93. The van der Waals surface area contributed by atoms with Crippen molar-refractivity contribution in [3.05, 3.63) is 36.3 Å². The molecular formula is C9H7LiO. The summed E-state index contributed by atoms with van der Waals surface area (Å²) in [7, 11) is 1.61. The van der Waals surface area contributed by atoms with Crippen molar-refractivity contribution in [3.63, 3.8) is 0 Å². The molecular weight excluding hydrogens is 131 g/mol. The molecule has 50 valence electrons. The van der Waals surface area contributed by atoms with E-state index in [-0.39, 0.29) is 18.9 Å². The summed E-state index contributed by atoms with van der Waals surface area (Å²) in [5.41, 5.74) is 0.765. The largest absolute Gasteiger partial charge is 1.00 e. The standard InChI is InChI=1S/C9H7O.Li/c1-3-8-4-6-9(10-2)7-5-8;/h4-7H,2H3;/q-1;+1. The molecule has 0 heterocycles. The average Bonchev–Trinajstić information content (AvgIpc) is 2.05. The summed E-state index contributed by atoms with van der Waals surface area (Å²) < 4.78 is 4.92. The van der Waals surface area contributed by atoms with Crippen molar-refractivity contribution in [2.24, 2.45) is 0 Å². The zero-order valence-corrected chi connectivity index (χ0v) is 6.72. The SMILES string of the molecule is [C-]#Cc1ccc(OC)cc1.[Li+]. The van der Waals surface area contributed by atoms with E-state index >= 15 is 0 Å². The van der Waals surface area contributed by atoms with Gasteiger partial charge in [-0.25, -0.2) is 0 Å². The van der Waals surface area contributed by atoms with Crippen LogP contribution in [0.25, 0.3) is 0 Å². The summed E-state index contributed by atoms with van der Waals surface area (Å²) in [4.78, 5) is 0. The summed E-state index contributed by atoms with van der Waals surface area (Å²) >= 11 is 0. The van der Waals surface area contributed by atoms with E-state index in [2.05, 4.69) is 5.92 Å². The van der Waals surface area contributed by atoms with Gasteiger partial charge >= 0.3 is 18.9 Å². The second-order valence-electron chi connectivity index (χ2n) is 1.85. The van der Waals surface area contributed by atoms with Gasteiger partial charge in [0.15, 0.2) is 0 Å². The van der Waals surface area contributed by atoms with Crippen molar-refractivity contribution in [1.82, 2.24) is 0 Å². The van der Waals surface area contributed by atoms with Crippen molar-refractivity contribution >= 4 is 0 Å². The molecule has 0 bridgehead atoms. The predicted octanol–water partition coefficient (Wildman–Crippen LogP) is -1.36. The van der Waals surface area contributed by atoms with Crippen LogP contribution in [-0.4, -0.2) is 7.11 Å². The van der Waals surface area contributed by atoms with Crippen molar-refractivity contribution in [2.45, 2.75) is 0 Å². The molecule has 0 aromatic heterocycles. The molecule has 0 amide bonds. The van der Waals surface area contributed by atoms with Gasteiger partial charge in [-0.3, -0.25) is 5.92 Å². The van der Waals surface area contributed by atoms with Crippen LogP contribution >= 0.6 is 0 Å². The molecule has 1 aromatic rings. The molecule has 0 aliphatic rings. The summed E-state index contributed by atoms with van der Waals surface area (Å²) in [6, 6.07) is 7.17. The molecule has 0 atom stereocenters. The molecule has 0 saturated carbocycles. The van der Waals surface area contributed by atoms with E-state index in [1.54, 1.807) is 31.4 Å². The number of methoxy groups -OCH3 is 1. The molecule has 0 radical (unpaired) electrons. The van der Waals surface area contributed by atoms with E-state index in [1.165, 1.54) is 0 Å². The van der Waals surface area contributed by atoms with E-state index < -0.39 is 0 Å². The van der Waals surface area contributed by atoms with Gasteiger partial charge < -0.3 is 11.2 Å². The van der Waals surface area contributed by atoms with E-state index in [4.69, 9.17) is 11.2 Å². The van der Waals surface area contributed by atoms with Crippen LogP contribution in [0.2, 0.25) is 0 Å². The molecule has 1 rings (SSSR count).